The fourth-order valence-corrected chi connectivity index (χ4v) is 1.78. The van der Waals surface area contributed by atoms with Gasteiger partial charge in [-0.3, -0.25) is 14.6 Å². The summed E-state index contributed by atoms with van der Waals surface area (Å²) in [5.41, 5.74) is 0. The van der Waals surface area contributed by atoms with E-state index in [2.05, 4.69) is 9.05 Å². The second-order valence-electron chi connectivity index (χ2n) is 2.32. The molecule has 0 aromatic carbocycles. The molecule has 0 atom stereocenters. The zero-order valence-corrected chi connectivity index (χ0v) is 8.57. The molecule has 0 saturated carbocycles. The van der Waals surface area contributed by atoms with E-state index in [0.717, 1.165) is 0 Å². The summed E-state index contributed by atoms with van der Waals surface area (Å²) in [5, 5.41) is 9.18. The summed E-state index contributed by atoms with van der Waals surface area (Å²) >= 11 is 0. The number of hydrogen-bond donors (Lipinski definition) is 1. The zero-order chi connectivity index (χ0) is 10.3. The van der Waals surface area contributed by atoms with Gasteiger partial charge in [-0.2, -0.15) is 0 Å². The third-order valence-corrected chi connectivity index (χ3v) is 3.47. The lowest BCUT2D eigenvalue weighted by atomic mass is 10.5. The molecule has 0 bridgehead atoms. The summed E-state index contributed by atoms with van der Waals surface area (Å²) in [6.45, 7) is 0.111. The van der Waals surface area contributed by atoms with Crippen LogP contribution in [0.4, 0.5) is 0 Å². The van der Waals surface area contributed by atoms with Gasteiger partial charge in [-0.05, 0) is 6.42 Å². The van der Waals surface area contributed by atoms with E-state index < -0.39 is 7.60 Å². The number of hydroxylamine groups is 2. The Balaban J connectivity index is 3.74. The second kappa shape index (κ2) is 6.10. The van der Waals surface area contributed by atoms with E-state index in [-0.39, 0.29) is 19.1 Å². The van der Waals surface area contributed by atoms with Gasteiger partial charge in [0, 0.05) is 20.8 Å². The monoisotopic (exact) mass is 211 g/mol. The lowest BCUT2D eigenvalue weighted by Gasteiger charge is -2.14. The second-order valence-corrected chi connectivity index (χ2v) is 4.72. The Kier molecular flexibility index (Phi) is 5.90. The van der Waals surface area contributed by atoms with Gasteiger partial charge in [-0.15, -0.1) is 0 Å². The first-order valence-corrected chi connectivity index (χ1v) is 5.42. The fourth-order valence-electron chi connectivity index (χ4n) is 0.736. The molecule has 0 aliphatic rings. The summed E-state index contributed by atoms with van der Waals surface area (Å²) in [7, 11) is -0.417. The van der Waals surface area contributed by atoms with Crippen molar-refractivity contribution in [2.45, 2.75) is 6.42 Å². The van der Waals surface area contributed by atoms with Crippen LogP contribution in [0.15, 0.2) is 0 Å². The Morgan fingerprint density at radius 3 is 2.38 bits per heavy atom. The van der Waals surface area contributed by atoms with Crippen LogP contribution < -0.4 is 0 Å². The molecule has 7 heteroatoms. The number of carbonyl (C=O) groups excluding carboxylic acids is 1. The number of nitrogens with zero attached hydrogens (tertiary/aromatic N) is 1. The highest BCUT2D eigenvalue weighted by Gasteiger charge is 2.20. The number of rotatable bonds is 7. The van der Waals surface area contributed by atoms with Crippen molar-refractivity contribution in [1.82, 2.24) is 5.06 Å². The van der Waals surface area contributed by atoms with Crippen LogP contribution in [-0.4, -0.2) is 43.6 Å². The van der Waals surface area contributed by atoms with Crippen LogP contribution in [0.3, 0.4) is 0 Å². The SMILES string of the molecule is COP(=O)(CCCN(O)C=O)OC. The largest absolute Gasteiger partial charge is 0.330 e. The van der Waals surface area contributed by atoms with E-state index >= 15 is 0 Å². The molecule has 0 aliphatic carbocycles. The summed E-state index contributed by atoms with van der Waals surface area (Å²) in [5.74, 6) is 0. The van der Waals surface area contributed by atoms with Crippen molar-refractivity contribution in [2.24, 2.45) is 0 Å². The maximum Gasteiger partial charge on any atom is 0.330 e. The summed E-state index contributed by atoms with van der Waals surface area (Å²) in [6.07, 6.45) is 0.809. The Bertz CT molecular complexity index is 189. The molecule has 1 amide bonds. The number of carbonyl (C=O) groups is 1. The summed E-state index contributed by atoms with van der Waals surface area (Å²) in [4.78, 5) is 9.94. The smallest absolute Gasteiger partial charge is 0.312 e. The van der Waals surface area contributed by atoms with E-state index in [1.165, 1.54) is 14.2 Å². The quantitative estimate of drug-likeness (QED) is 0.290. The van der Waals surface area contributed by atoms with Crippen LogP contribution in [-0.2, 0) is 18.4 Å². The highest BCUT2D eigenvalue weighted by atomic mass is 31.2. The lowest BCUT2D eigenvalue weighted by Crippen LogP contribution is -2.19. The molecule has 6 nitrogen and oxygen atoms in total. The Morgan fingerprint density at radius 1 is 1.46 bits per heavy atom. The average molecular weight is 211 g/mol. The van der Waals surface area contributed by atoms with Gasteiger partial charge in [0.2, 0.25) is 6.41 Å². The maximum absolute atomic E-state index is 11.4. The van der Waals surface area contributed by atoms with Gasteiger partial charge in [0.1, 0.15) is 0 Å². The van der Waals surface area contributed by atoms with Crippen molar-refractivity contribution >= 4 is 14.0 Å². The highest BCUT2D eigenvalue weighted by Crippen LogP contribution is 2.46. The molecule has 0 rings (SSSR count). The topological polar surface area (TPSA) is 76.1 Å². The molecular weight excluding hydrogens is 197 g/mol. The molecule has 0 aliphatic heterocycles. The molecule has 0 saturated heterocycles. The molecule has 0 spiro atoms. The molecule has 0 aromatic heterocycles. The van der Waals surface area contributed by atoms with E-state index in [1.807, 2.05) is 0 Å². The van der Waals surface area contributed by atoms with Gasteiger partial charge in [0.25, 0.3) is 0 Å². The number of hydrogen-bond acceptors (Lipinski definition) is 5. The first-order valence-electron chi connectivity index (χ1n) is 3.69. The third-order valence-electron chi connectivity index (χ3n) is 1.50. The predicted octanol–water partition coefficient (Wildman–Crippen LogP) is 0.710. The molecule has 13 heavy (non-hydrogen) atoms. The third kappa shape index (κ3) is 5.00. The van der Waals surface area contributed by atoms with Crippen LogP contribution in [0.25, 0.3) is 0 Å². The van der Waals surface area contributed by atoms with Crippen molar-refractivity contribution in [3.05, 3.63) is 0 Å². The Morgan fingerprint density at radius 2 is 2.00 bits per heavy atom. The van der Waals surface area contributed by atoms with E-state index in [0.29, 0.717) is 11.5 Å². The van der Waals surface area contributed by atoms with Gasteiger partial charge in [-0.25, -0.2) is 5.06 Å². The summed E-state index contributed by atoms with van der Waals surface area (Å²) in [6, 6.07) is 0. The van der Waals surface area contributed by atoms with Gasteiger partial charge in [0.15, 0.2) is 0 Å². The van der Waals surface area contributed by atoms with Crippen molar-refractivity contribution in [1.29, 1.82) is 0 Å². The van der Waals surface area contributed by atoms with Gasteiger partial charge >= 0.3 is 7.60 Å². The normalized spacial score (nSPS) is 11.3. The first kappa shape index (κ1) is 12.6. The van der Waals surface area contributed by atoms with Crippen molar-refractivity contribution in [2.75, 3.05) is 26.9 Å². The minimum Gasteiger partial charge on any atom is -0.312 e. The predicted molar refractivity (Wildman–Crippen MR) is 45.7 cm³/mol. The minimum atomic E-state index is -3.00. The van der Waals surface area contributed by atoms with Gasteiger partial charge in [0.05, 0.1) is 6.16 Å². The van der Waals surface area contributed by atoms with Crippen LogP contribution in [0.1, 0.15) is 6.42 Å². The minimum absolute atomic E-state index is 0.111. The zero-order valence-electron chi connectivity index (χ0n) is 7.67. The molecule has 78 valence electrons. The van der Waals surface area contributed by atoms with Crippen LogP contribution >= 0.6 is 7.60 Å². The number of amides is 1. The van der Waals surface area contributed by atoms with Gasteiger partial charge in [-0.1, -0.05) is 0 Å². The van der Waals surface area contributed by atoms with Crippen molar-refractivity contribution in [3.63, 3.8) is 0 Å². The van der Waals surface area contributed by atoms with Crippen LogP contribution in [0.2, 0.25) is 0 Å². The Hall–Kier alpha value is -0.420. The fraction of sp³-hybridized carbons (Fsp3) is 0.833. The molecule has 0 unspecified atom stereocenters. The van der Waals surface area contributed by atoms with E-state index in [9.17, 15) is 9.36 Å². The van der Waals surface area contributed by atoms with E-state index in [4.69, 9.17) is 5.21 Å². The molecule has 0 fully saturated rings. The average Bonchev–Trinajstić information content (AvgIpc) is 2.17. The lowest BCUT2D eigenvalue weighted by molar-refractivity contribution is -0.149. The maximum atomic E-state index is 11.4. The molecule has 0 aromatic rings. The van der Waals surface area contributed by atoms with Crippen molar-refractivity contribution in [3.8, 4) is 0 Å². The van der Waals surface area contributed by atoms with E-state index in [1.54, 1.807) is 0 Å². The van der Waals surface area contributed by atoms with Crippen LogP contribution in [0, 0.1) is 0 Å². The molecule has 0 heterocycles. The standard InChI is InChI=1S/C6H14NO5P/c1-11-13(10,12-2)5-3-4-7(9)6-8/h6,9H,3-5H2,1-2H3. The van der Waals surface area contributed by atoms with Crippen LogP contribution in [0.5, 0.6) is 0 Å². The molecule has 1 N–H and O–H groups in total. The summed E-state index contributed by atoms with van der Waals surface area (Å²) < 4.78 is 20.7. The highest BCUT2D eigenvalue weighted by molar-refractivity contribution is 7.53. The van der Waals surface area contributed by atoms with Gasteiger partial charge < -0.3 is 9.05 Å². The Labute approximate surface area is 76.9 Å². The first-order chi connectivity index (χ1) is 6.08. The molecule has 0 radical (unpaired) electrons. The molecular formula is C6H14NO5P. The van der Waals surface area contributed by atoms with Crippen molar-refractivity contribution < 1.29 is 23.6 Å².